The number of carbonyl (C=O) groups excluding carboxylic acids is 3. The highest BCUT2D eigenvalue weighted by Gasteiger charge is 2.19. The quantitative estimate of drug-likeness (QED) is 0.0348. The Balaban J connectivity index is 4.22. The molecule has 0 aliphatic heterocycles. The molecule has 0 bridgehead atoms. The molecule has 0 saturated heterocycles. The SMILES string of the molecule is CCCCCCCCCCCCCCCCC(=O)O[C@H](COC(=O)CCCCCCCCC)COC(=O)CCCCCCCCCCCCCCCC(C)C. The second-order valence-corrected chi connectivity index (χ2v) is 17.2. The van der Waals surface area contributed by atoms with Gasteiger partial charge in [0.15, 0.2) is 6.10 Å². The molecule has 0 heterocycles. The predicted octanol–water partition coefficient (Wildman–Crippen LogP) is 15.5. The molecule has 0 rings (SSSR count). The second kappa shape index (κ2) is 43.5. The molecule has 0 radical (unpaired) electrons. The minimum Gasteiger partial charge on any atom is -0.462 e. The minimum atomic E-state index is -0.758. The van der Waals surface area contributed by atoms with Crippen molar-refractivity contribution >= 4 is 17.9 Å². The number of hydrogen-bond donors (Lipinski definition) is 0. The fourth-order valence-electron chi connectivity index (χ4n) is 7.33. The summed E-state index contributed by atoms with van der Waals surface area (Å²) in [6, 6.07) is 0. The number of esters is 3. The van der Waals surface area contributed by atoms with Gasteiger partial charge >= 0.3 is 17.9 Å². The van der Waals surface area contributed by atoms with Crippen molar-refractivity contribution in [2.45, 2.75) is 278 Å². The number of rotatable bonds is 44. The molecule has 0 aromatic carbocycles. The molecule has 0 aromatic heterocycles. The van der Waals surface area contributed by atoms with Crippen LogP contribution in [0.2, 0.25) is 0 Å². The Morgan fingerprint density at radius 2 is 0.600 bits per heavy atom. The molecule has 55 heavy (non-hydrogen) atoms. The summed E-state index contributed by atoms with van der Waals surface area (Å²) in [5, 5.41) is 0. The van der Waals surface area contributed by atoms with Crippen LogP contribution in [0.5, 0.6) is 0 Å². The van der Waals surface area contributed by atoms with Gasteiger partial charge in [0.2, 0.25) is 0 Å². The lowest BCUT2D eigenvalue weighted by Crippen LogP contribution is -2.30. The lowest BCUT2D eigenvalue weighted by Gasteiger charge is -2.18. The summed E-state index contributed by atoms with van der Waals surface area (Å²) in [4.78, 5) is 37.7. The van der Waals surface area contributed by atoms with E-state index in [2.05, 4.69) is 27.7 Å². The lowest BCUT2D eigenvalue weighted by molar-refractivity contribution is -0.167. The van der Waals surface area contributed by atoms with Crippen LogP contribution in [0.25, 0.3) is 0 Å². The van der Waals surface area contributed by atoms with E-state index in [1.807, 2.05) is 0 Å². The molecule has 6 heteroatoms. The molecule has 1 atom stereocenters. The van der Waals surface area contributed by atoms with Crippen LogP contribution in [0.1, 0.15) is 272 Å². The molecule has 0 aliphatic rings. The van der Waals surface area contributed by atoms with Gasteiger partial charge in [-0.3, -0.25) is 14.4 Å². The van der Waals surface area contributed by atoms with Gasteiger partial charge in [0, 0.05) is 19.3 Å². The van der Waals surface area contributed by atoms with E-state index >= 15 is 0 Å². The Hall–Kier alpha value is -1.59. The summed E-state index contributed by atoms with van der Waals surface area (Å²) in [7, 11) is 0. The lowest BCUT2D eigenvalue weighted by atomic mass is 10.0. The van der Waals surface area contributed by atoms with E-state index in [0.29, 0.717) is 19.3 Å². The molecule has 0 spiro atoms. The molecule has 0 amide bonds. The monoisotopic (exact) mass is 779 g/mol. The fourth-order valence-corrected chi connectivity index (χ4v) is 7.33. The van der Waals surface area contributed by atoms with E-state index in [-0.39, 0.29) is 31.1 Å². The van der Waals surface area contributed by atoms with E-state index in [9.17, 15) is 14.4 Å². The van der Waals surface area contributed by atoms with E-state index in [0.717, 1.165) is 63.7 Å². The zero-order valence-corrected chi connectivity index (χ0v) is 37.4. The topological polar surface area (TPSA) is 78.9 Å². The maximum Gasteiger partial charge on any atom is 0.306 e. The number of ether oxygens (including phenoxy) is 3. The summed E-state index contributed by atoms with van der Waals surface area (Å²) in [5.74, 6) is -0.0151. The third kappa shape index (κ3) is 43.4. The van der Waals surface area contributed by atoms with E-state index < -0.39 is 6.10 Å². The molecule has 0 aromatic rings. The number of unbranched alkanes of at least 4 members (excludes halogenated alkanes) is 31. The molecule has 326 valence electrons. The first kappa shape index (κ1) is 53.4. The fraction of sp³-hybridized carbons (Fsp3) is 0.939. The van der Waals surface area contributed by atoms with E-state index in [1.165, 1.54) is 167 Å². The molecular formula is C49H94O6. The third-order valence-corrected chi connectivity index (χ3v) is 11.0. The number of hydrogen-bond acceptors (Lipinski definition) is 6. The first-order chi connectivity index (χ1) is 26.9. The highest BCUT2D eigenvalue weighted by molar-refractivity contribution is 5.71. The Morgan fingerprint density at radius 3 is 0.891 bits per heavy atom. The Bertz CT molecular complexity index is 826. The van der Waals surface area contributed by atoms with Crippen molar-refractivity contribution in [3.8, 4) is 0 Å². The van der Waals surface area contributed by atoms with Gasteiger partial charge in [-0.2, -0.15) is 0 Å². The van der Waals surface area contributed by atoms with Crippen LogP contribution in [0.3, 0.4) is 0 Å². The van der Waals surface area contributed by atoms with Gasteiger partial charge in [-0.15, -0.1) is 0 Å². The highest BCUT2D eigenvalue weighted by Crippen LogP contribution is 2.17. The van der Waals surface area contributed by atoms with Gasteiger partial charge in [0.05, 0.1) is 0 Å². The van der Waals surface area contributed by atoms with Crippen LogP contribution < -0.4 is 0 Å². The van der Waals surface area contributed by atoms with Crippen LogP contribution in [-0.4, -0.2) is 37.2 Å². The van der Waals surface area contributed by atoms with Crippen molar-refractivity contribution in [1.82, 2.24) is 0 Å². The molecular weight excluding hydrogens is 685 g/mol. The van der Waals surface area contributed by atoms with Gasteiger partial charge in [0.1, 0.15) is 13.2 Å². The van der Waals surface area contributed by atoms with Gasteiger partial charge in [-0.25, -0.2) is 0 Å². The van der Waals surface area contributed by atoms with Crippen molar-refractivity contribution < 1.29 is 28.6 Å². The summed E-state index contributed by atoms with van der Waals surface area (Å²) in [6.07, 6.45) is 43.8. The minimum absolute atomic E-state index is 0.0635. The van der Waals surface area contributed by atoms with Crippen LogP contribution in [0.15, 0.2) is 0 Å². The van der Waals surface area contributed by atoms with Crippen LogP contribution >= 0.6 is 0 Å². The zero-order chi connectivity index (χ0) is 40.3. The Labute approximate surface area is 342 Å². The van der Waals surface area contributed by atoms with Gasteiger partial charge in [-0.05, 0) is 25.2 Å². The van der Waals surface area contributed by atoms with Gasteiger partial charge in [-0.1, -0.05) is 233 Å². The molecule has 6 nitrogen and oxygen atoms in total. The molecule has 0 saturated carbocycles. The summed E-state index contributed by atoms with van der Waals surface area (Å²) in [6.45, 7) is 8.98. The summed E-state index contributed by atoms with van der Waals surface area (Å²) >= 11 is 0. The average Bonchev–Trinajstić information content (AvgIpc) is 3.17. The van der Waals surface area contributed by atoms with Crippen LogP contribution in [0.4, 0.5) is 0 Å². The van der Waals surface area contributed by atoms with Crippen molar-refractivity contribution in [2.24, 2.45) is 5.92 Å². The standard InChI is InChI=1S/C49H94O6/c1-5-7-9-11-13-14-15-16-19-23-26-30-34-38-42-49(52)55-46(43-53-47(50)40-36-32-27-12-10-8-6-2)44-54-48(51)41-37-33-29-25-22-20-17-18-21-24-28-31-35-39-45(3)4/h45-46H,5-44H2,1-4H3/t46-/m1/s1. The first-order valence-corrected chi connectivity index (χ1v) is 24.4. The van der Waals surface area contributed by atoms with Crippen molar-refractivity contribution in [3.05, 3.63) is 0 Å². The maximum atomic E-state index is 12.7. The smallest absolute Gasteiger partial charge is 0.306 e. The highest BCUT2D eigenvalue weighted by atomic mass is 16.6. The van der Waals surface area contributed by atoms with Crippen LogP contribution in [-0.2, 0) is 28.6 Å². The summed E-state index contributed by atoms with van der Waals surface area (Å²) in [5.41, 5.74) is 0. The average molecular weight is 779 g/mol. The number of carbonyl (C=O) groups is 3. The van der Waals surface area contributed by atoms with Gasteiger partial charge < -0.3 is 14.2 Å². The molecule has 0 fully saturated rings. The van der Waals surface area contributed by atoms with Crippen molar-refractivity contribution in [1.29, 1.82) is 0 Å². The summed E-state index contributed by atoms with van der Waals surface area (Å²) < 4.78 is 16.7. The van der Waals surface area contributed by atoms with Crippen LogP contribution in [0, 0.1) is 5.92 Å². The first-order valence-electron chi connectivity index (χ1n) is 24.4. The maximum absolute atomic E-state index is 12.7. The Morgan fingerprint density at radius 1 is 0.345 bits per heavy atom. The normalized spacial score (nSPS) is 11.9. The predicted molar refractivity (Wildman–Crippen MR) is 233 cm³/mol. The largest absolute Gasteiger partial charge is 0.462 e. The van der Waals surface area contributed by atoms with Gasteiger partial charge in [0.25, 0.3) is 0 Å². The zero-order valence-electron chi connectivity index (χ0n) is 37.4. The van der Waals surface area contributed by atoms with E-state index in [1.54, 1.807) is 0 Å². The van der Waals surface area contributed by atoms with Crippen molar-refractivity contribution in [3.63, 3.8) is 0 Å². The van der Waals surface area contributed by atoms with E-state index in [4.69, 9.17) is 14.2 Å². The molecule has 0 aliphatic carbocycles. The molecule has 0 N–H and O–H groups in total. The molecule has 0 unspecified atom stereocenters. The van der Waals surface area contributed by atoms with Crippen molar-refractivity contribution in [2.75, 3.05) is 13.2 Å². The second-order valence-electron chi connectivity index (χ2n) is 17.2. The Kier molecular flexibility index (Phi) is 42.3. The third-order valence-electron chi connectivity index (χ3n) is 11.0.